The Morgan fingerprint density at radius 3 is 2.79 bits per heavy atom. The Bertz CT molecular complexity index is 1060. The number of hydrogen-bond donors (Lipinski definition) is 0. The molecule has 3 heterocycles. The fraction of sp³-hybridized carbons (Fsp3) is 0.316. The topological polar surface area (TPSA) is 60.3 Å². The summed E-state index contributed by atoms with van der Waals surface area (Å²) in [7, 11) is 0. The molecule has 4 rings (SSSR count). The number of pyridine rings is 1. The number of hydrogen-bond acceptors (Lipinski definition) is 4. The molecule has 2 aromatic heterocycles. The fourth-order valence-electron chi connectivity index (χ4n) is 3.28. The van der Waals surface area contributed by atoms with E-state index in [1.165, 1.54) is 28.0 Å². The van der Waals surface area contributed by atoms with E-state index in [4.69, 9.17) is 0 Å². The molecule has 1 aromatic carbocycles. The number of fused-ring (bicyclic) bond motifs is 1. The van der Waals surface area contributed by atoms with Crippen molar-refractivity contribution in [3.05, 3.63) is 42.5 Å². The summed E-state index contributed by atoms with van der Waals surface area (Å²) in [6.45, 7) is -2.79. The molecular formula is C19H16F4N4O2. The molecule has 1 atom stereocenters. The molecule has 0 spiro atoms. The second-order valence-electron chi connectivity index (χ2n) is 6.68. The number of benzene rings is 1. The minimum atomic E-state index is -3.15. The Labute approximate surface area is 162 Å². The van der Waals surface area contributed by atoms with Crippen LogP contribution in [0.5, 0.6) is 5.75 Å². The van der Waals surface area contributed by atoms with Crippen molar-refractivity contribution in [1.82, 2.24) is 19.7 Å². The number of ether oxygens (including phenoxy) is 1. The third-order valence-electron chi connectivity index (χ3n) is 4.74. The smallest absolute Gasteiger partial charge is 0.387 e. The van der Waals surface area contributed by atoms with E-state index in [-0.39, 0.29) is 19.0 Å². The lowest BCUT2D eigenvalue weighted by atomic mass is 10.1. The van der Waals surface area contributed by atoms with Gasteiger partial charge in [-0.2, -0.15) is 13.9 Å². The number of amides is 1. The summed E-state index contributed by atoms with van der Waals surface area (Å²) in [6, 6.07) is 5.26. The minimum Gasteiger partial charge on any atom is -0.432 e. The Morgan fingerprint density at radius 1 is 1.24 bits per heavy atom. The van der Waals surface area contributed by atoms with Crippen LogP contribution in [-0.2, 0) is 11.3 Å². The lowest BCUT2D eigenvalue weighted by molar-refractivity contribution is -0.131. The molecule has 1 aliphatic heterocycles. The van der Waals surface area contributed by atoms with Crippen molar-refractivity contribution in [1.29, 1.82) is 0 Å². The van der Waals surface area contributed by atoms with E-state index in [1.807, 2.05) is 0 Å². The van der Waals surface area contributed by atoms with E-state index in [0.717, 1.165) is 12.1 Å². The van der Waals surface area contributed by atoms with Gasteiger partial charge in [0.05, 0.1) is 18.3 Å². The van der Waals surface area contributed by atoms with Crippen LogP contribution < -0.4 is 4.74 Å². The van der Waals surface area contributed by atoms with Crippen LogP contribution in [0.1, 0.15) is 6.42 Å². The summed E-state index contributed by atoms with van der Waals surface area (Å²) < 4.78 is 57.6. The average Bonchev–Trinajstić information content (AvgIpc) is 3.29. The lowest BCUT2D eigenvalue weighted by Crippen LogP contribution is -2.32. The van der Waals surface area contributed by atoms with E-state index in [9.17, 15) is 22.4 Å². The van der Waals surface area contributed by atoms with E-state index >= 15 is 0 Å². The van der Waals surface area contributed by atoms with E-state index in [2.05, 4.69) is 14.8 Å². The standard InChI is InChI=1S/C19H16F4N4O2/c20-13-3-4-26(9-13)18(28)10-27-16-5-12(7-24-15(16)8-25-27)11-1-2-14(21)17(6-11)29-19(22)23/h1-2,5-8,13,19H,3-4,9-10H2/t13-/m1/s1. The maximum absolute atomic E-state index is 13.7. The van der Waals surface area contributed by atoms with Crippen molar-refractivity contribution in [2.45, 2.75) is 25.7 Å². The lowest BCUT2D eigenvalue weighted by Gasteiger charge is -2.15. The summed E-state index contributed by atoms with van der Waals surface area (Å²) in [5, 5.41) is 4.16. The second-order valence-corrected chi connectivity index (χ2v) is 6.68. The monoisotopic (exact) mass is 408 g/mol. The van der Waals surface area contributed by atoms with Gasteiger partial charge in [0.2, 0.25) is 5.91 Å². The maximum atomic E-state index is 13.7. The molecule has 29 heavy (non-hydrogen) atoms. The summed E-state index contributed by atoms with van der Waals surface area (Å²) >= 11 is 0. The maximum Gasteiger partial charge on any atom is 0.387 e. The van der Waals surface area contributed by atoms with Gasteiger partial charge in [-0.1, -0.05) is 6.07 Å². The van der Waals surface area contributed by atoms with Crippen molar-refractivity contribution >= 4 is 16.9 Å². The minimum absolute atomic E-state index is 0.0734. The van der Waals surface area contributed by atoms with Crippen LogP contribution in [-0.4, -0.2) is 51.4 Å². The first kappa shape index (κ1) is 19.2. The highest BCUT2D eigenvalue weighted by Crippen LogP contribution is 2.29. The molecule has 0 bridgehead atoms. The quantitative estimate of drug-likeness (QED) is 0.607. The average molecular weight is 408 g/mol. The first-order chi connectivity index (χ1) is 13.9. The molecule has 6 nitrogen and oxygen atoms in total. The van der Waals surface area contributed by atoms with Crippen molar-refractivity contribution in [3.63, 3.8) is 0 Å². The molecule has 10 heteroatoms. The van der Waals surface area contributed by atoms with E-state index in [1.54, 1.807) is 6.07 Å². The van der Waals surface area contributed by atoms with Crippen molar-refractivity contribution in [2.75, 3.05) is 13.1 Å². The SMILES string of the molecule is O=C(Cn1ncc2ncc(-c3ccc(F)c(OC(F)F)c3)cc21)N1CC[C@@H](F)C1. The van der Waals surface area contributed by atoms with Gasteiger partial charge in [-0.3, -0.25) is 14.5 Å². The molecule has 1 saturated heterocycles. The van der Waals surface area contributed by atoms with Gasteiger partial charge in [0, 0.05) is 18.3 Å². The highest BCUT2D eigenvalue weighted by atomic mass is 19.3. The summed E-state index contributed by atoms with van der Waals surface area (Å²) in [5.41, 5.74) is 1.98. The molecule has 1 fully saturated rings. The van der Waals surface area contributed by atoms with Crippen LogP contribution in [0.2, 0.25) is 0 Å². The van der Waals surface area contributed by atoms with E-state index < -0.39 is 24.3 Å². The largest absolute Gasteiger partial charge is 0.432 e. The Morgan fingerprint density at radius 2 is 2.07 bits per heavy atom. The zero-order valence-corrected chi connectivity index (χ0v) is 15.1. The molecule has 0 unspecified atom stereocenters. The number of halogens is 4. The van der Waals surface area contributed by atoms with Crippen LogP contribution in [0, 0.1) is 5.82 Å². The number of aromatic nitrogens is 3. The van der Waals surface area contributed by atoms with Crippen LogP contribution in [0.4, 0.5) is 17.6 Å². The third-order valence-corrected chi connectivity index (χ3v) is 4.74. The van der Waals surface area contributed by atoms with Crippen LogP contribution >= 0.6 is 0 Å². The molecule has 0 radical (unpaired) electrons. The number of rotatable bonds is 5. The zero-order valence-electron chi connectivity index (χ0n) is 15.1. The number of nitrogens with zero attached hydrogens (tertiary/aromatic N) is 4. The molecule has 1 aliphatic rings. The Hall–Kier alpha value is -3.17. The molecular weight excluding hydrogens is 392 g/mol. The Kier molecular flexibility index (Phi) is 5.08. The predicted octanol–water partition coefficient (Wildman–Crippen LogP) is 3.41. The normalized spacial score (nSPS) is 16.7. The zero-order chi connectivity index (χ0) is 20.5. The summed E-state index contributed by atoms with van der Waals surface area (Å²) in [5.74, 6) is -1.73. The predicted molar refractivity (Wildman–Crippen MR) is 95.6 cm³/mol. The van der Waals surface area contributed by atoms with Crippen molar-refractivity contribution in [3.8, 4) is 16.9 Å². The number of carbonyl (C=O) groups excluding carboxylic acids is 1. The van der Waals surface area contributed by atoms with Gasteiger partial charge in [-0.15, -0.1) is 0 Å². The second kappa shape index (κ2) is 7.69. The molecule has 3 aromatic rings. The summed E-state index contributed by atoms with van der Waals surface area (Å²) in [6.07, 6.45) is 2.29. The first-order valence-corrected chi connectivity index (χ1v) is 8.89. The van der Waals surface area contributed by atoms with Gasteiger partial charge in [0.1, 0.15) is 18.2 Å². The number of carbonyl (C=O) groups is 1. The van der Waals surface area contributed by atoms with Gasteiger partial charge in [0.25, 0.3) is 0 Å². The van der Waals surface area contributed by atoms with Gasteiger partial charge < -0.3 is 9.64 Å². The van der Waals surface area contributed by atoms with Crippen LogP contribution in [0.25, 0.3) is 22.2 Å². The first-order valence-electron chi connectivity index (χ1n) is 8.89. The molecule has 0 aliphatic carbocycles. The molecule has 152 valence electrons. The van der Waals surface area contributed by atoms with Crippen molar-refractivity contribution < 1.29 is 27.1 Å². The van der Waals surface area contributed by atoms with Gasteiger partial charge in [0.15, 0.2) is 11.6 Å². The number of likely N-dealkylation sites (tertiary alicyclic amines) is 1. The summed E-state index contributed by atoms with van der Waals surface area (Å²) in [4.78, 5) is 18.1. The van der Waals surface area contributed by atoms with Crippen molar-refractivity contribution in [2.24, 2.45) is 0 Å². The third kappa shape index (κ3) is 4.01. The highest BCUT2D eigenvalue weighted by molar-refractivity contribution is 5.83. The molecule has 0 N–H and O–H groups in total. The molecule has 0 saturated carbocycles. The van der Waals surface area contributed by atoms with Crippen LogP contribution in [0.3, 0.4) is 0 Å². The van der Waals surface area contributed by atoms with Gasteiger partial charge in [-0.25, -0.2) is 8.78 Å². The Balaban J connectivity index is 1.63. The fourth-order valence-corrected chi connectivity index (χ4v) is 3.28. The van der Waals surface area contributed by atoms with Gasteiger partial charge >= 0.3 is 6.61 Å². The molecule has 1 amide bonds. The number of alkyl halides is 3. The van der Waals surface area contributed by atoms with E-state index in [0.29, 0.717) is 35.1 Å². The van der Waals surface area contributed by atoms with Crippen LogP contribution in [0.15, 0.2) is 36.7 Å². The highest BCUT2D eigenvalue weighted by Gasteiger charge is 2.26. The van der Waals surface area contributed by atoms with Gasteiger partial charge in [-0.05, 0) is 30.2 Å².